The van der Waals surface area contributed by atoms with E-state index in [-0.39, 0.29) is 22.5 Å². The molecule has 1 aromatic rings. The lowest BCUT2D eigenvalue weighted by Crippen LogP contribution is -2.25. The van der Waals surface area contributed by atoms with Crippen LogP contribution in [0.25, 0.3) is 0 Å². The molecule has 0 radical (unpaired) electrons. The van der Waals surface area contributed by atoms with Crippen molar-refractivity contribution < 1.29 is 9.18 Å². The number of rotatable bonds is 2. The highest BCUT2D eigenvalue weighted by Crippen LogP contribution is 2.31. The van der Waals surface area contributed by atoms with Crippen molar-refractivity contribution in [3.05, 3.63) is 23.0 Å². The van der Waals surface area contributed by atoms with E-state index in [4.69, 9.17) is 17.3 Å². The third-order valence-electron chi connectivity index (χ3n) is 3.36. The van der Waals surface area contributed by atoms with Crippen LogP contribution in [0.15, 0.2) is 12.1 Å². The van der Waals surface area contributed by atoms with Crippen LogP contribution in [0, 0.1) is 11.7 Å². The third kappa shape index (κ3) is 2.75. The second-order valence-corrected chi connectivity index (χ2v) is 5.02. The van der Waals surface area contributed by atoms with Crippen LogP contribution in [0.4, 0.5) is 15.8 Å². The van der Waals surface area contributed by atoms with Crippen molar-refractivity contribution in [1.82, 2.24) is 0 Å². The molecule has 1 amide bonds. The maximum atomic E-state index is 13.1. The van der Waals surface area contributed by atoms with Crippen molar-refractivity contribution in [3.63, 3.8) is 0 Å². The fourth-order valence-electron chi connectivity index (χ4n) is 2.27. The van der Waals surface area contributed by atoms with E-state index in [9.17, 15) is 9.18 Å². The Morgan fingerprint density at radius 2 is 2.00 bits per heavy atom. The monoisotopic (exact) mass is 270 g/mol. The Morgan fingerprint density at radius 3 is 2.67 bits per heavy atom. The fraction of sp³-hybridized carbons (Fsp3) is 0.462. The standard InChI is InChI=1S/C13H16ClFN2O/c14-11-10(7-6-9(15)12(11)16)17-13(18)8-4-2-1-3-5-8/h6-8H,1-5,16H2,(H,17,18). The van der Waals surface area contributed by atoms with Gasteiger partial charge in [-0.2, -0.15) is 0 Å². The van der Waals surface area contributed by atoms with Gasteiger partial charge >= 0.3 is 0 Å². The van der Waals surface area contributed by atoms with E-state index in [0.29, 0.717) is 5.69 Å². The molecule has 0 atom stereocenters. The molecule has 3 nitrogen and oxygen atoms in total. The van der Waals surface area contributed by atoms with Crippen LogP contribution in [-0.2, 0) is 4.79 Å². The van der Waals surface area contributed by atoms with Crippen LogP contribution in [-0.4, -0.2) is 5.91 Å². The molecule has 98 valence electrons. The molecule has 1 aliphatic rings. The molecule has 1 aromatic carbocycles. The van der Waals surface area contributed by atoms with E-state index in [1.54, 1.807) is 0 Å². The molecule has 0 unspecified atom stereocenters. The summed E-state index contributed by atoms with van der Waals surface area (Å²) >= 11 is 5.90. The molecule has 1 aliphatic carbocycles. The molecule has 0 spiro atoms. The maximum Gasteiger partial charge on any atom is 0.227 e. The summed E-state index contributed by atoms with van der Waals surface area (Å²) in [5.74, 6) is -0.598. The molecule has 0 aliphatic heterocycles. The Kier molecular flexibility index (Phi) is 4.07. The number of benzene rings is 1. The van der Waals surface area contributed by atoms with Crippen molar-refractivity contribution in [2.45, 2.75) is 32.1 Å². The molecule has 0 saturated heterocycles. The Balaban J connectivity index is 2.09. The zero-order chi connectivity index (χ0) is 13.1. The number of hydrogen-bond acceptors (Lipinski definition) is 2. The van der Waals surface area contributed by atoms with Crippen molar-refractivity contribution in [2.75, 3.05) is 11.1 Å². The molecule has 1 saturated carbocycles. The van der Waals surface area contributed by atoms with Crippen molar-refractivity contribution >= 4 is 28.9 Å². The molecular weight excluding hydrogens is 255 g/mol. The maximum absolute atomic E-state index is 13.1. The number of nitrogen functional groups attached to an aromatic ring is 1. The minimum atomic E-state index is -0.573. The van der Waals surface area contributed by atoms with E-state index < -0.39 is 5.82 Å². The Morgan fingerprint density at radius 1 is 1.33 bits per heavy atom. The van der Waals surface area contributed by atoms with Crippen molar-refractivity contribution in [3.8, 4) is 0 Å². The number of carbonyl (C=O) groups excluding carboxylic acids is 1. The minimum Gasteiger partial charge on any atom is -0.395 e. The van der Waals surface area contributed by atoms with E-state index in [2.05, 4.69) is 5.32 Å². The van der Waals surface area contributed by atoms with Crippen LogP contribution in [0.3, 0.4) is 0 Å². The highest BCUT2D eigenvalue weighted by Gasteiger charge is 2.22. The van der Waals surface area contributed by atoms with Crippen molar-refractivity contribution in [2.24, 2.45) is 5.92 Å². The van der Waals surface area contributed by atoms with E-state index in [1.165, 1.54) is 18.6 Å². The number of amides is 1. The molecule has 5 heteroatoms. The van der Waals surface area contributed by atoms with E-state index >= 15 is 0 Å². The highest BCUT2D eigenvalue weighted by atomic mass is 35.5. The lowest BCUT2D eigenvalue weighted by Gasteiger charge is -2.21. The number of halogens is 2. The van der Waals surface area contributed by atoms with Crippen LogP contribution in [0.1, 0.15) is 32.1 Å². The number of nitrogens with two attached hydrogens (primary N) is 1. The van der Waals surface area contributed by atoms with Gasteiger partial charge in [0.05, 0.1) is 16.4 Å². The number of anilines is 2. The predicted octanol–water partition coefficient (Wildman–Crippen LogP) is 3.58. The van der Waals surface area contributed by atoms with E-state index in [0.717, 1.165) is 25.7 Å². The molecule has 0 heterocycles. The molecule has 3 N–H and O–H groups in total. The van der Waals surface area contributed by atoms with Gasteiger partial charge in [-0.3, -0.25) is 4.79 Å². The topological polar surface area (TPSA) is 55.1 Å². The van der Waals surface area contributed by atoms with E-state index in [1.807, 2.05) is 0 Å². The minimum absolute atomic E-state index is 0.0288. The van der Waals surface area contributed by atoms with Gasteiger partial charge in [0.2, 0.25) is 5.91 Å². The lowest BCUT2D eigenvalue weighted by molar-refractivity contribution is -0.120. The van der Waals surface area contributed by atoms with Crippen LogP contribution >= 0.6 is 11.6 Å². The molecule has 0 bridgehead atoms. The predicted molar refractivity (Wildman–Crippen MR) is 71.0 cm³/mol. The second-order valence-electron chi connectivity index (χ2n) is 4.65. The fourth-order valence-corrected chi connectivity index (χ4v) is 2.47. The molecule has 18 heavy (non-hydrogen) atoms. The number of hydrogen-bond donors (Lipinski definition) is 2. The number of nitrogens with one attached hydrogen (secondary N) is 1. The van der Waals surface area contributed by atoms with Gasteiger partial charge in [-0.15, -0.1) is 0 Å². The normalized spacial score (nSPS) is 16.6. The van der Waals surface area contributed by atoms with Gasteiger partial charge in [0, 0.05) is 5.92 Å². The summed E-state index contributed by atoms with van der Waals surface area (Å²) < 4.78 is 13.1. The summed E-state index contributed by atoms with van der Waals surface area (Å²) in [5.41, 5.74) is 5.73. The molecule has 1 fully saturated rings. The van der Waals surface area contributed by atoms with Gasteiger partial charge in [-0.05, 0) is 25.0 Å². The second kappa shape index (κ2) is 5.57. The Hall–Kier alpha value is -1.29. The SMILES string of the molecule is Nc1c(F)ccc(NC(=O)C2CCCCC2)c1Cl. The first-order valence-corrected chi connectivity index (χ1v) is 6.51. The summed E-state index contributed by atoms with van der Waals surface area (Å²) in [6.45, 7) is 0. The zero-order valence-electron chi connectivity index (χ0n) is 10.0. The molecule has 2 rings (SSSR count). The zero-order valence-corrected chi connectivity index (χ0v) is 10.8. The Bertz CT molecular complexity index is 459. The van der Waals surface area contributed by atoms with Gasteiger partial charge in [-0.1, -0.05) is 30.9 Å². The lowest BCUT2D eigenvalue weighted by atomic mass is 9.88. The van der Waals surface area contributed by atoms with Crippen LogP contribution < -0.4 is 11.1 Å². The largest absolute Gasteiger partial charge is 0.395 e. The Labute approximate surface area is 111 Å². The average molecular weight is 271 g/mol. The van der Waals surface area contributed by atoms with Gasteiger partial charge in [0.25, 0.3) is 0 Å². The average Bonchev–Trinajstić information content (AvgIpc) is 2.40. The number of carbonyl (C=O) groups is 1. The quantitative estimate of drug-likeness (QED) is 0.807. The van der Waals surface area contributed by atoms with Crippen LogP contribution in [0.5, 0.6) is 0 Å². The summed E-state index contributed by atoms with van der Waals surface area (Å²) in [6, 6.07) is 2.65. The smallest absolute Gasteiger partial charge is 0.227 e. The van der Waals surface area contributed by atoms with Gasteiger partial charge < -0.3 is 11.1 Å². The molecular formula is C13H16ClFN2O. The third-order valence-corrected chi connectivity index (χ3v) is 3.77. The first-order valence-electron chi connectivity index (χ1n) is 6.14. The highest BCUT2D eigenvalue weighted by molar-refractivity contribution is 6.36. The first-order chi connectivity index (χ1) is 8.59. The summed E-state index contributed by atoms with van der Waals surface area (Å²) in [4.78, 5) is 12.0. The summed E-state index contributed by atoms with van der Waals surface area (Å²) in [5, 5.41) is 2.80. The first kappa shape index (κ1) is 13.1. The van der Waals surface area contributed by atoms with Gasteiger partial charge in [0.1, 0.15) is 5.82 Å². The van der Waals surface area contributed by atoms with Gasteiger partial charge in [-0.25, -0.2) is 4.39 Å². The van der Waals surface area contributed by atoms with Gasteiger partial charge in [0.15, 0.2) is 0 Å². The molecule has 0 aromatic heterocycles. The summed E-state index contributed by atoms with van der Waals surface area (Å²) in [7, 11) is 0. The van der Waals surface area contributed by atoms with Crippen molar-refractivity contribution in [1.29, 1.82) is 0 Å². The van der Waals surface area contributed by atoms with Crippen LogP contribution in [0.2, 0.25) is 5.02 Å². The summed E-state index contributed by atoms with van der Waals surface area (Å²) in [6.07, 6.45) is 5.16.